The van der Waals surface area contributed by atoms with Crippen LogP contribution in [0.5, 0.6) is 0 Å². The van der Waals surface area contributed by atoms with Crippen LogP contribution < -0.4 is 5.32 Å². The maximum atomic E-state index is 13.8. The largest absolute Gasteiger partial charge is 0.339 e. The molecule has 1 aliphatic rings. The van der Waals surface area contributed by atoms with Crippen LogP contribution in [-0.2, 0) is 0 Å². The third-order valence-corrected chi connectivity index (χ3v) is 5.86. The van der Waals surface area contributed by atoms with Gasteiger partial charge in [0.25, 0.3) is 5.91 Å². The Hall–Kier alpha value is -3.81. The second-order valence-electron chi connectivity index (χ2n) is 8.12. The van der Waals surface area contributed by atoms with Gasteiger partial charge in [0.2, 0.25) is 11.7 Å². The topological polar surface area (TPSA) is 85.8 Å². The van der Waals surface area contributed by atoms with Gasteiger partial charge in [-0.05, 0) is 68.7 Å². The molecule has 2 heterocycles. The highest BCUT2D eigenvalue weighted by atomic mass is 19.1. The molecule has 32 heavy (non-hydrogen) atoms. The van der Waals surface area contributed by atoms with Gasteiger partial charge < -0.3 is 9.84 Å². The van der Waals surface area contributed by atoms with E-state index >= 15 is 0 Å². The van der Waals surface area contributed by atoms with Crippen LogP contribution >= 0.6 is 0 Å². The van der Waals surface area contributed by atoms with E-state index in [-0.39, 0.29) is 11.7 Å². The smallest absolute Gasteiger partial charge is 0.259 e. The van der Waals surface area contributed by atoms with Crippen molar-refractivity contribution in [3.05, 3.63) is 77.2 Å². The minimum absolute atomic E-state index is 0.344. The van der Waals surface area contributed by atoms with Gasteiger partial charge in [0.05, 0.1) is 16.9 Å². The number of halogens is 1. The average Bonchev–Trinajstić information content (AvgIpc) is 3.37. The lowest BCUT2D eigenvalue weighted by atomic mass is 9.85. The number of rotatable bonds is 5. The van der Waals surface area contributed by atoms with Crippen LogP contribution in [0.4, 0.5) is 10.1 Å². The van der Waals surface area contributed by atoms with Crippen LogP contribution in [0.2, 0.25) is 0 Å². The van der Waals surface area contributed by atoms with Crippen molar-refractivity contribution in [2.45, 2.75) is 39.0 Å². The number of aryl methyl sites for hydroxylation is 2. The van der Waals surface area contributed by atoms with Gasteiger partial charge in [0.15, 0.2) is 0 Å². The summed E-state index contributed by atoms with van der Waals surface area (Å²) in [5, 5.41) is 11.3. The molecule has 1 saturated carbocycles. The molecule has 0 unspecified atom stereocenters. The lowest BCUT2D eigenvalue weighted by molar-refractivity contribution is 0.102. The molecule has 0 spiro atoms. The third-order valence-electron chi connectivity index (χ3n) is 5.86. The van der Waals surface area contributed by atoms with Crippen LogP contribution in [0, 0.1) is 19.7 Å². The lowest BCUT2D eigenvalue weighted by Gasteiger charge is -2.20. The highest BCUT2D eigenvalue weighted by Gasteiger charge is 2.25. The molecule has 1 amide bonds. The van der Waals surface area contributed by atoms with Crippen LogP contribution in [0.3, 0.4) is 0 Å². The molecule has 5 rings (SSSR count). The SMILES string of the molecule is Cc1ccc(NC(=O)c2cn(-c3ccc(-c4noc(C5CCC5)n4)cc3)nc2C)cc1F. The second kappa shape index (κ2) is 8.03. The number of aromatic nitrogens is 4. The molecule has 1 N–H and O–H groups in total. The fourth-order valence-electron chi connectivity index (χ4n) is 3.62. The summed E-state index contributed by atoms with van der Waals surface area (Å²) >= 11 is 0. The number of benzene rings is 2. The molecular weight excluding hydrogens is 409 g/mol. The van der Waals surface area contributed by atoms with E-state index in [0.29, 0.717) is 40.1 Å². The minimum Gasteiger partial charge on any atom is -0.339 e. The van der Waals surface area contributed by atoms with E-state index in [1.807, 2.05) is 24.3 Å². The van der Waals surface area contributed by atoms with Gasteiger partial charge in [-0.3, -0.25) is 4.79 Å². The molecule has 2 aromatic heterocycles. The van der Waals surface area contributed by atoms with Gasteiger partial charge in [-0.1, -0.05) is 17.6 Å². The zero-order valence-corrected chi connectivity index (χ0v) is 17.8. The standard InChI is InChI=1S/C24H22FN5O2/c1-14-6-9-18(12-21(14)25)26-23(31)20-13-30(28-15(20)2)19-10-7-16(8-11-19)22-27-24(32-29-22)17-4-3-5-17/h6-13,17H,3-5H2,1-2H3,(H,26,31). The quantitative estimate of drug-likeness (QED) is 0.469. The molecule has 2 aromatic carbocycles. The number of hydrogen-bond acceptors (Lipinski definition) is 5. The number of amides is 1. The van der Waals surface area contributed by atoms with Crippen LogP contribution in [0.1, 0.15) is 52.7 Å². The molecule has 1 aliphatic carbocycles. The normalized spacial score (nSPS) is 13.7. The molecule has 0 aliphatic heterocycles. The number of anilines is 1. The molecule has 1 fully saturated rings. The zero-order chi connectivity index (χ0) is 22.2. The number of carbonyl (C=O) groups excluding carboxylic acids is 1. The number of nitrogens with zero attached hydrogens (tertiary/aromatic N) is 4. The predicted molar refractivity (Wildman–Crippen MR) is 117 cm³/mol. The van der Waals surface area contributed by atoms with Crippen LogP contribution in [0.15, 0.2) is 53.2 Å². The van der Waals surface area contributed by atoms with Crippen molar-refractivity contribution in [2.75, 3.05) is 5.32 Å². The van der Waals surface area contributed by atoms with Crippen molar-refractivity contribution in [1.82, 2.24) is 19.9 Å². The summed E-state index contributed by atoms with van der Waals surface area (Å²) in [5.74, 6) is 0.965. The van der Waals surface area contributed by atoms with E-state index in [0.717, 1.165) is 24.1 Å². The molecule has 0 bridgehead atoms. The summed E-state index contributed by atoms with van der Waals surface area (Å²) < 4.78 is 20.8. The van der Waals surface area contributed by atoms with Crippen LogP contribution in [-0.4, -0.2) is 25.8 Å². The number of nitrogens with one attached hydrogen (secondary N) is 1. The highest BCUT2D eigenvalue weighted by Crippen LogP contribution is 2.36. The maximum absolute atomic E-state index is 13.8. The molecule has 0 atom stereocenters. The maximum Gasteiger partial charge on any atom is 0.259 e. The summed E-state index contributed by atoms with van der Waals surface area (Å²) in [4.78, 5) is 17.2. The first-order chi connectivity index (χ1) is 15.5. The lowest BCUT2D eigenvalue weighted by Crippen LogP contribution is -2.12. The van der Waals surface area contributed by atoms with E-state index in [1.165, 1.54) is 12.5 Å². The summed E-state index contributed by atoms with van der Waals surface area (Å²) in [6.45, 7) is 3.43. The van der Waals surface area contributed by atoms with Gasteiger partial charge in [0.1, 0.15) is 5.82 Å². The average molecular weight is 431 g/mol. The van der Waals surface area contributed by atoms with Crippen molar-refractivity contribution >= 4 is 11.6 Å². The summed E-state index contributed by atoms with van der Waals surface area (Å²) in [6, 6.07) is 12.2. The third kappa shape index (κ3) is 3.79. The van der Waals surface area contributed by atoms with Gasteiger partial charge >= 0.3 is 0 Å². The zero-order valence-electron chi connectivity index (χ0n) is 17.8. The van der Waals surface area contributed by atoms with Crippen molar-refractivity contribution in [3.63, 3.8) is 0 Å². The second-order valence-corrected chi connectivity index (χ2v) is 8.12. The first-order valence-corrected chi connectivity index (χ1v) is 10.6. The molecule has 0 saturated heterocycles. The van der Waals surface area contributed by atoms with Crippen LogP contribution in [0.25, 0.3) is 17.1 Å². The van der Waals surface area contributed by atoms with Crippen molar-refractivity contribution in [3.8, 4) is 17.1 Å². The first kappa shape index (κ1) is 20.1. The van der Waals surface area contributed by atoms with Gasteiger partial charge in [0, 0.05) is 23.4 Å². The van der Waals surface area contributed by atoms with E-state index in [2.05, 4.69) is 20.6 Å². The Morgan fingerprint density at radius 2 is 1.94 bits per heavy atom. The Kier molecular flexibility index (Phi) is 5.05. The Balaban J connectivity index is 1.33. The Bertz CT molecular complexity index is 1290. The molecule has 7 nitrogen and oxygen atoms in total. The summed E-state index contributed by atoms with van der Waals surface area (Å²) in [5.41, 5.74) is 3.55. The Morgan fingerprint density at radius 1 is 1.16 bits per heavy atom. The molecular formula is C24H22FN5O2. The van der Waals surface area contributed by atoms with Crippen molar-refractivity contribution < 1.29 is 13.7 Å². The van der Waals surface area contributed by atoms with E-state index in [9.17, 15) is 9.18 Å². The van der Waals surface area contributed by atoms with Gasteiger partial charge in [-0.25, -0.2) is 9.07 Å². The predicted octanol–water partition coefficient (Wildman–Crippen LogP) is 5.20. The summed E-state index contributed by atoms with van der Waals surface area (Å²) in [7, 11) is 0. The van der Waals surface area contributed by atoms with Gasteiger partial charge in [-0.2, -0.15) is 10.1 Å². The Labute approximate surface area is 184 Å². The molecule has 8 heteroatoms. The molecule has 0 radical (unpaired) electrons. The Morgan fingerprint density at radius 3 is 2.62 bits per heavy atom. The van der Waals surface area contributed by atoms with Crippen molar-refractivity contribution in [2.24, 2.45) is 0 Å². The fourth-order valence-corrected chi connectivity index (χ4v) is 3.62. The van der Waals surface area contributed by atoms with E-state index in [1.54, 1.807) is 36.9 Å². The van der Waals surface area contributed by atoms with Crippen molar-refractivity contribution in [1.29, 1.82) is 0 Å². The number of hydrogen-bond donors (Lipinski definition) is 1. The highest BCUT2D eigenvalue weighted by molar-refractivity contribution is 6.04. The fraction of sp³-hybridized carbons (Fsp3) is 0.250. The van der Waals surface area contributed by atoms with Gasteiger partial charge in [-0.15, -0.1) is 0 Å². The monoisotopic (exact) mass is 431 g/mol. The summed E-state index contributed by atoms with van der Waals surface area (Å²) in [6.07, 6.45) is 5.08. The molecule has 4 aromatic rings. The minimum atomic E-state index is -0.364. The van der Waals surface area contributed by atoms with E-state index in [4.69, 9.17) is 4.52 Å². The number of carbonyl (C=O) groups is 1. The first-order valence-electron chi connectivity index (χ1n) is 10.6. The molecule has 162 valence electrons. The van der Waals surface area contributed by atoms with E-state index < -0.39 is 0 Å².